The zero-order valence-corrected chi connectivity index (χ0v) is 13.2. The van der Waals surface area contributed by atoms with Crippen molar-refractivity contribution in [2.45, 2.75) is 26.3 Å². The van der Waals surface area contributed by atoms with Gasteiger partial charge in [-0.3, -0.25) is 14.3 Å². The predicted molar refractivity (Wildman–Crippen MR) is 81.2 cm³/mol. The monoisotopic (exact) mass is 308 g/mol. The molecule has 1 N–H and O–H groups in total. The Kier molecular flexibility index (Phi) is 5.94. The number of carbonyl (C=O) groups excluding carboxylic acids is 2. The number of amides is 2. The summed E-state index contributed by atoms with van der Waals surface area (Å²) in [6, 6.07) is 1.91. The van der Waals surface area contributed by atoms with Crippen LogP contribution in [-0.2, 0) is 20.9 Å². The Hall–Kier alpha value is -1.89. The van der Waals surface area contributed by atoms with Crippen LogP contribution in [0.5, 0.6) is 0 Å². The summed E-state index contributed by atoms with van der Waals surface area (Å²) in [4.78, 5) is 25.4. The highest BCUT2D eigenvalue weighted by molar-refractivity contribution is 5.79. The third-order valence-electron chi connectivity index (χ3n) is 3.79. The summed E-state index contributed by atoms with van der Waals surface area (Å²) in [5, 5.41) is 7.15. The molecule has 2 heterocycles. The van der Waals surface area contributed by atoms with Crippen LogP contribution < -0.4 is 5.32 Å². The van der Waals surface area contributed by atoms with E-state index in [1.165, 1.54) is 0 Å². The molecule has 7 nitrogen and oxygen atoms in total. The summed E-state index contributed by atoms with van der Waals surface area (Å²) >= 11 is 0. The molecule has 2 amide bonds. The molecule has 1 fully saturated rings. The van der Waals surface area contributed by atoms with E-state index in [0.29, 0.717) is 45.6 Å². The molecule has 1 aliphatic rings. The van der Waals surface area contributed by atoms with E-state index in [0.717, 1.165) is 5.69 Å². The number of ether oxygens (including phenoxy) is 1. The number of aromatic nitrogens is 2. The summed E-state index contributed by atoms with van der Waals surface area (Å²) in [5.74, 6) is 0.333. The Labute approximate surface area is 130 Å². The second-order valence-corrected chi connectivity index (χ2v) is 5.68. The number of nitrogens with zero attached hydrogens (tertiary/aromatic N) is 3. The molecule has 2 rings (SSSR count). The maximum absolute atomic E-state index is 11.8. The van der Waals surface area contributed by atoms with E-state index in [-0.39, 0.29) is 17.7 Å². The number of likely N-dealkylation sites (tertiary alicyclic amines) is 1. The van der Waals surface area contributed by atoms with Gasteiger partial charge in [0, 0.05) is 58.2 Å². The lowest BCUT2D eigenvalue weighted by molar-refractivity contribution is -0.128. The first kappa shape index (κ1) is 16.5. The lowest BCUT2D eigenvalue weighted by atomic mass is 10.1. The largest absolute Gasteiger partial charge is 0.383 e. The molecule has 1 atom stereocenters. The maximum atomic E-state index is 11.8. The predicted octanol–water partition coefficient (Wildman–Crippen LogP) is 0.193. The van der Waals surface area contributed by atoms with Crippen molar-refractivity contribution in [1.29, 1.82) is 0 Å². The van der Waals surface area contributed by atoms with Crippen molar-refractivity contribution in [2.24, 2.45) is 5.92 Å². The van der Waals surface area contributed by atoms with Gasteiger partial charge in [-0.2, -0.15) is 5.10 Å². The van der Waals surface area contributed by atoms with E-state index < -0.39 is 0 Å². The zero-order chi connectivity index (χ0) is 15.9. The molecule has 0 aromatic carbocycles. The van der Waals surface area contributed by atoms with Gasteiger partial charge in [-0.1, -0.05) is 0 Å². The van der Waals surface area contributed by atoms with Gasteiger partial charge in [0.1, 0.15) is 0 Å². The van der Waals surface area contributed by atoms with Gasteiger partial charge in [0.15, 0.2) is 0 Å². The Morgan fingerprint density at radius 1 is 1.50 bits per heavy atom. The minimum absolute atomic E-state index is 0.00376. The van der Waals surface area contributed by atoms with Crippen LogP contribution in [0.15, 0.2) is 12.3 Å². The van der Waals surface area contributed by atoms with E-state index in [1.807, 2.05) is 19.2 Å². The topological polar surface area (TPSA) is 76.5 Å². The van der Waals surface area contributed by atoms with Crippen molar-refractivity contribution in [3.63, 3.8) is 0 Å². The molecule has 1 saturated heterocycles. The third kappa shape index (κ3) is 4.84. The molecule has 1 aromatic rings. The Morgan fingerprint density at radius 3 is 3.00 bits per heavy atom. The molecule has 0 spiro atoms. The molecule has 122 valence electrons. The van der Waals surface area contributed by atoms with Gasteiger partial charge in [0.25, 0.3) is 0 Å². The second-order valence-electron chi connectivity index (χ2n) is 5.68. The number of methoxy groups -OCH3 is 1. The van der Waals surface area contributed by atoms with Gasteiger partial charge in [0.2, 0.25) is 11.8 Å². The van der Waals surface area contributed by atoms with Crippen molar-refractivity contribution in [2.75, 3.05) is 33.4 Å². The number of hydrogen-bond donors (Lipinski definition) is 1. The fourth-order valence-electron chi connectivity index (χ4n) is 2.56. The van der Waals surface area contributed by atoms with Crippen molar-refractivity contribution in [3.8, 4) is 0 Å². The van der Waals surface area contributed by atoms with Crippen LogP contribution in [0, 0.1) is 12.8 Å². The Balaban J connectivity index is 1.65. The molecule has 0 radical (unpaired) electrons. The smallest absolute Gasteiger partial charge is 0.223 e. The summed E-state index contributed by atoms with van der Waals surface area (Å²) < 4.78 is 6.75. The fraction of sp³-hybridized carbons (Fsp3) is 0.667. The van der Waals surface area contributed by atoms with Crippen LogP contribution >= 0.6 is 0 Å². The highest BCUT2D eigenvalue weighted by Gasteiger charge is 2.29. The highest BCUT2D eigenvalue weighted by Crippen LogP contribution is 2.16. The van der Waals surface area contributed by atoms with E-state index in [1.54, 1.807) is 16.7 Å². The van der Waals surface area contributed by atoms with Crippen molar-refractivity contribution >= 4 is 11.8 Å². The van der Waals surface area contributed by atoms with Crippen LogP contribution in [0.4, 0.5) is 0 Å². The highest BCUT2D eigenvalue weighted by atomic mass is 16.5. The van der Waals surface area contributed by atoms with Gasteiger partial charge in [-0.15, -0.1) is 0 Å². The molecule has 0 saturated carbocycles. The van der Waals surface area contributed by atoms with Gasteiger partial charge < -0.3 is 15.0 Å². The van der Waals surface area contributed by atoms with E-state index in [4.69, 9.17) is 4.74 Å². The van der Waals surface area contributed by atoms with Crippen molar-refractivity contribution < 1.29 is 14.3 Å². The molecule has 0 bridgehead atoms. The summed E-state index contributed by atoms with van der Waals surface area (Å²) in [5.41, 5.74) is 0.945. The Morgan fingerprint density at radius 2 is 2.32 bits per heavy atom. The number of carbonyl (C=O) groups is 2. The first-order chi connectivity index (χ1) is 10.6. The number of aryl methyl sites for hydroxylation is 2. The van der Waals surface area contributed by atoms with Gasteiger partial charge in [-0.05, 0) is 13.0 Å². The quantitative estimate of drug-likeness (QED) is 0.744. The fourth-order valence-corrected chi connectivity index (χ4v) is 2.56. The first-order valence-corrected chi connectivity index (χ1v) is 7.62. The first-order valence-electron chi connectivity index (χ1n) is 7.62. The molecular formula is C15H24N4O3. The van der Waals surface area contributed by atoms with Crippen LogP contribution in [0.3, 0.4) is 0 Å². The van der Waals surface area contributed by atoms with Crippen molar-refractivity contribution in [3.05, 3.63) is 18.0 Å². The molecule has 1 aliphatic heterocycles. The molecule has 22 heavy (non-hydrogen) atoms. The van der Waals surface area contributed by atoms with Gasteiger partial charge in [0.05, 0.1) is 12.3 Å². The third-order valence-corrected chi connectivity index (χ3v) is 3.79. The van der Waals surface area contributed by atoms with Crippen molar-refractivity contribution in [1.82, 2.24) is 20.0 Å². The second kappa shape index (κ2) is 7.93. The summed E-state index contributed by atoms with van der Waals surface area (Å²) in [6.45, 7) is 4.91. The standard InChI is InChI=1S/C15H24N4O3/c1-12-3-5-19(17-12)6-4-14(20)16-10-13-9-15(21)18(11-13)7-8-22-2/h3,5,13H,4,6-11H2,1-2H3,(H,16,20)/t13-/m1/s1. The minimum atomic E-state index is -0.00376. The lowest BCUT2D eigenvalue weighted by Crippen LogP contribution is -2.32. The molecule has 0 aliphatic carbocycles. The average Bonchev–Trinajstić information content (AvgIpc) is 3.06. The molecule has 1 aromatic heterocycles. The van der Waals surface area contributed by atoms with E-state index in [9.17, 15) is 9.59 Å². The normalized spacial score (nSPS) is 18.0. The molecule has 7 heteroatoms. The number of rotatable bonds is 8. The van der Waals surface area contributed by atoms with E-state index in [2.05, 4.69) is 10.4 Å². The molecule has 0 unspecified atom stereocenters. The van der Waals surface area contributed by atoms with Crippen LogP contribution in [0.25, 0.3) is 0 Å². The summed E-state index contributed by atoms with van der Waals surface area (Å²) in [6.07, 6.45) is 2.77. The van der Waals surface area contributed by atoms with E-state index >= 15 is 0 Å². The minimum Gasteiger partial charge on any atom is -0.383 e. The maximum Gasteiger partial charge on any atom is 0.223 e. The number of nitrogens with one attached hydrogen (secondary N) is 1. The van der Waals surface area contributed by atoms with Crippen LogP contribution in [0.2, 0.25) is 0 Å². The molecular weight excluding hydrogens is 284 g/mol. The SMILES string of the molecule is COCCN1C[C@@H](CNC(=O)CCn2ccc(C)n2)CC1=O. The zero-order valence-electron chi connectivity index (χ0n) is 13.2. The lowest BCUT2D eigenvalue weighted by Gasteiger charge is -2.16. The van der Waals surface area contributed by atoms with Gasteiger partial charge in [-0.25, -0.2) is 0 Å². The Bertz CT molecular complexity index is 515. The van der Waals surface area contributed by atoms with Gasteiger partial charge >= 0.3 is 0 Å². The number of hydrogen-bond acceptors (Lipinski definition) is 4. The van der Waals surface area contributed by atoms with Crippen LogP contribution in [-0.4, -0.2) is 59.8 Å². The summed E-state index contributed by atoms with van der Waals surface area (Å²) in [7, 11) is 1.62. The van der Waals surface area contributed by atoms with Crippen LogP contribution in [0.1, 0.15) is 18.5 Å². The average molecular weight is 308 g/mol.